The molecule has 1 aromatic rings. The van der Waals surface area contributed by atoms with Gasteiger partial charge in [0.1, 0.15) is 9.90 Å². The van der Waals surface area contributed by atoms with Crippen molar-refractivity contribution in [2.45, 2.75) is 17.9 Å². The summed E-state index contributed by atoms with van der Waals surface area (Å²) in [5, 5.41) is 3.39. The van der Waals surface area contributed by atoms with Crippen molar-refractivity contribution in [3.8, 4) is 0 Å². The van der Waals surface area contributed by atoms with Crippen LogP contribution in [0.2, 0.25) is 0 Å². The first kappa shape index (κ1) is 14.4. The monoisotopic (exact) mass is 331 g/mol. The van der Waals surface area contributed by atoms with Crippen LogP contribution in [0, 0.1) is 0 Å². The number of piperazine rings is 1. The van der Waals surface area contributed by atoms with Gasteiger partial charge < -0.3 is 20.9 Å². The van der Waals surface area contributed by atoms with E-state index in [1.807, 2.05) is 4.90 Å². The quantitative estimate of drug-likeness (QED) is 0.789. The number of carbonyl (C=O) groups is 1. The van der Waals surface area contributed by atoms with E-state index in [4.69, 9.17) is 5.73 Å². The van der Waals surface area contributed by atoms with Crippen molar-refractivity contribution < 1.29 is 13.2 Å². The summed E-state index contributed by atoms with van der Waals surface area (Å²) < 4.78 is 28.4. The van der Waals surface area contributed by atoms with Crippen LogP contribution in [-0.4, -0.2) is 61.7 Å². The van der Waals surface area contributed by atoms with Gasteiger partial charge >= 0.3 is 6.03 Å². The number of nitrogens with two attached hydrogens (primary N) is 1. The van der Waals surface area contributed by atoms with Crippen molar-refractivity contribution in [2.75, 3.05) is 42.6 Å². The summed E-state index contributed by atoms with van der Waals surface area (Å²) in [7, 11) is -3.41. The van der Waals surface area contributed by atoms with Crippen LogP contribution in [-0.2, 0) is 9.84 Å². The SMILES string of the molecule is CCS(=O)(=O)c1c(N)nsc1N1CCN2C(=O)NCC2C1. The molecule has 8 nitrogen and oxygen atoms in total. The smallest absolute Gasteiger partial charge is 0.317 e. The Morgan fingerprint density at radius 2 is 2.24 bits per heavy atom. The fourth-order valence-corrected chi connectivity index (χ4v) is 5.05. The lowest BCUT2D eigenvalue weighted by Crippen LogP contribution is -2.52. The maximum absolute atomic E-state index is 12.2. The van der Waals surface area contributed by atoms with E-state index in [2.05, 4.69) is 9.69 Å². The number of nitrogen functional groups attached to an aromatic ring is 1. The van der Waals surface area contributed by atoms with E-state index in [1.165, 1.54) is 0 Å². The van der Waals surface area contributed by atoms with Gasteiger partial charge in [0.2, 0.25) is 0 Å². The van der Waals surface area contributed by atoms with Crippen LogP contribution in [0.5, 0.6) is 0 Å². The molecule has 0 bridgehead atoms. The number of fused-ring (bicyclic) bond motifs is 1. The second-order valence-corrected chi connectivity index (χ2v) is 8.05. The number of amides is 2. The average molecular weight is 331 g/mol. The van der Waals surface area contributed by atoms with Crippen LogP contribution in [0.3, 0.4) is 0 Å². The number of nitrogens with one attached hydrogen (secondary N) is 1. The molecule has 0 radical (unpaired) electrons. The first-order valence-electron chi connectivity index (χ1n) is 6.71. The zero-order valence-electron chi connectivity index (χ0n) is 11.6. The summed E-state index contributed by atoms with van der Waals surface area (Å²) in [5.74, 6) is 0.0615. The summed E-state index contributed by atoms with van der Waals surface area (Å²) >= 11 is 1.11. The summed E-state index contributed by atoms with van der Waals surface area (Å²) in [6, 6.07) is 0.0108. The minimum atomic E-state index is -3.41. The summed E-state index contributed by atoms with van der Waals surface area (Å²) in [5.41, 5.74) is 5.76. The molecule has 2 amide bonds. The molecule has 2 aliphatic heterocycles. The molecule has 116 valence electrons. The Morgan fingerprint density at radius 3 is 2.95 bits per heavy atom. The highest BCUT2D eigenvalue weighted by atomic mass is 32.2. The third-order valence-electron chi connectivity index (χ3n) is 3.87. The third kappa shape index (κ3) is 2.31. The molecule has 3 rings (SSSR count). The highest BCUT2D eigenvalue weighted by Crippen LogP contribution is 2.36. The molecular formula is C11H17N5O3S2. The third-order valence-corrected chi connectivity index (χ3v) is 6.71. The molecule has 1 atom stereocenters. The van der Waals surface area contributed by atoms with Crippen LogP contribution >= 0.6 is 11.5 Å². The van der Waals surface area contributed by atoms with Crippen LogP contribution in [0.15, 0.2) is 4.90 Å². The first-order valence-corrected chi connectivity index (χ1v) is 9.14. The average Bonchev–Trinajstić information content (AvgIpc) is 3.03. The normalized spacial score (nSPS) is 22.3. The summed E-state index contributed by atoms with van der Waals surface area (Å²) in [6.07, 6.45) is 0. The molecule has 3 heterocycles. The molecule has 1 unspecified atom stereocenters. The molecule has 2 aliphatic rings. The van der Waals surface area contributed by atoms with E-state index in [-0.39, 0.29) is 28.5 Å². The van der Waals surface area contributed by atoms with E-state index in [1.54, 1.807) is 11.8 Å². The first-order chi connectivity index (χ1) is 9.94. The maximum Gasteiger partial charge on any atom is 0.317 e. The van der Waals surface area contributed by atoms with Crippen molar-refractivity contribution in [1.82, 2.24) is 14.6 Å². The van der Waals surface area contributed by atoms with E-state index in [9.17, 15) is 13.2 Å². The highest BCUT2D eigenvalue weighted by molar-refractivity contribution is 7.91. The van der Waals surface area contributed by atoms with Gasteiger partial charge in [0.05, 0.1) is 11.8 Å². The lowest BCUT2D eigenvalue weighted by Gasteiger charge is -2.37. The Bertz CT molecular complexity index is 671. The molecule has 2 fully saturated rings. The molecule has 10 heteroatoms. The summed E-state index contributed by atoms with van der Waals surface area (Å²) in [6.45, 7) is 3.91. The Hall–Kier alpha value is -1.55. The number of sulfone groups is 1. The molecule has 0 saturated carbocycles. The molecule has 0 aliphatic carbocycles. The van der Waals surface area contributed by atoms with Gasteiger partial charge in [0, 0.05) is 26.2 Å². The van der Waals surface area contributed by atoms with Gasteiger partial charge in [0.15, 0.2) is 15.7 Å². The lowest BCUT2D eigenvalue weighted by atomic mass is 10.2. The molecule has 3 N–H and O–H groups in total. The van der Waals surface area contributed by atoms with Crippen LogP contribution in [0.25, 0.3) is 0 Å². The Balaban J connectivity index is 1.91. The van der Waals surface area contributed by atoms with Crippen LogP contribution in [0.4, 0.5) is 15.6 Å². The minimum Gasteiger partial charge on any atom is -0.382 e. The lowest BCUT2D eigenvalue weighted by molar-refractivity contribution is 0.198. The molecular weight excluding hydrogens is 314 g/mol. The van der Waals surface area contributed by atoms with E-state index < -0.39 is 9.84 Å². The molecule has 0 spiro atoms. The fourth-order valence-electron chi connectivity index (χ4n) is 2.71. The number of nitrogens with zero attached hydrogens (tertiary/aromatic N) is 3. The zero-order valence-corrected chi connectivity index (χ0v) is 13.2. The second-order valence-electron chi connectivity index (χ2n) is 5.08. The molecule has 21 heavy (non-hydrogen) atoms. The van der Waals surface area contributed by atoms with Crippen molar-refractivity contribution in [3.05, 3.63) is 0 Å². The van der Waals surface area contributed by atoms with Crippen molar-refractivity contribution in [1.29, 1.82) is 0 Å². The second kappa shape index (κ2) is 5.02. The molecule has 2 saturated heterocycles. The Kier molecular flexibility index (Phi) is 3.44. The van der Waals surface area contributed by atoms with Crippen LogP contribution < -0.4 is 16.0 Å². The Labute approximate surface area is 127 Å². The van der Waals surface area contributed by atoms with Gasteiger partial charge in [-0.25, -0.2) is 13.2 Å². The van der Waals surface area contributed by atoms with Gasteiger partial charge in [-0.2, -0.15) is 4.37 Å². The summed E-state index contributed by atoms with van der Waals surface area (Å²) in [4.78, 5) is 15.5. The molecule has 1 aromatic heterocycles. The highest BCUT2D eigenvalue weighted by Gasteiger charge is 2.38. The number of carbonyl (C=O) groups excluding carboxylic acids is 1. The van der Waals surface area contributed by atoms with Crippen molar-refractivity contribution >= 4 is 38.2 Å². The number of aromatic nitrogens is 1. The zero-order chi connectivity index (χ0) is 15.2. The Morgan fingerprint density at radius 1 is 1.48 bits per heavy atom. The van der Waals surface area contributed by atoms with Gasteiger partial charge in [-0.1, -0.05) is 6.92 Å². The van der Waals surface area contributed by atoms with Crippen molar-refractivity contribution in [3.63, 3.8) is 0 Å². The number of hydrogen-bond donors (Lipinski definition) is 2. The molecule has 0 aromatic carbocycles. The maximum atomic E-state index is 12.2. The van der Waals surface area contributed by atoms with Crippen LogP contribution in [0.1, 0.15) is 6.92 Å². The van der Waals surface area contributed by atoms with Gasteiger partial charge in [-0.15, -0.1) is 0 Å². The minimum absolute atomic E-state index is 0.00789. The fraction of sp³-hybridized carbons (Fsp3) is 0.636. The number of urea groups is 1. The largest absolute Gasteiger partial charge is 0.382 e. The number of rotatable bonds is 3. The van der Waals surface area contributed by atoms with Crippen molar-refractivity contribution in [2.24, 2.45) is 0 Å². The predicted octanol–water partition coefficient (Wildman–Crippen LogP) is -0.267. The van der Waals surface area contributed by atoms with Gasteiger partial charge in [-0.05, 0) is 11.5 Å². The van der Waals surface area contributed by atoms with E-state index in [0.29, 0.717) is 31.2 Å². The van der Waals surface area contributed by atoms with Gasteiger partial charge in [0.25, 0.3) is 0 Å². The van der Waals surface area contributed by atoms with E-state index in [0.717, 1.165) is 11.5 Å². The van der Waals surface area contributed by atoms with E-state index >= 15 is 0 Å². The standard InChI is InChI=1S/C11H17N5O3S2/c1-2-21(18,19)8-9(12)14-20-10(8)15-3-4-16-7(6-15)5-13-11(16)17/h7H,2-6H2,1H3,(H2,12,14)(H,13,17). The van der Waals surface area contributed by atoms with Gasteiger partial charge in [-0.3, -0.25) is 0 Å². The predicted molar refractivity (Wildman–Crippen MR) is 80.4 cm³/mol. The number of anilines is 2. The number of hydrogen-bond acceptors (Lipinski definition) is 7. The topological polar surface area (TPSA) is 109 Å².